The van der Waals surface area contributed by atoms with Crippen molar-refractivity contribution >= 4 is 46.2 Å². The van der Waals surface area contributed by atoms with Crippen LogP contribution in [0, 0.1) is 35.3 Å². The van der Waals surface area contributed by atoms with Crippen molar-refractivity contribution in [3.63, 3.8) is 0 Å². The van der Waals surface area contributed by atoms with Gasteiger partial charge in [-0.2, -0.15) is 5.26 Å². The Hall–Kier alpha value is -4.19. The minimum atomic E-state index is -0.608. The fourth-order valence-corrected chi connectivity index (χ4v) is 4.23. The van der Waals surface area contributed by atoms with Crippen molar-refractivity contribution in [3.05, 3.63) is 115 Å². The SMILES string of the molecule is Cc1ccc(CNc2ncnc(Nc3cc(Cl)c(C(C#N)c4ccc(Cl)cc4)cc3C)c2[N+](=O)[O-])cc1. The summed E-state index contributed by atoms with van der Waals surface area (Å²) in [5.41, 5.74) is 4.42. The highest BCUT2D eigenvalue weighted by Crippen LogP contribution is 2.37. The minimum Gasteiger partial charge on any atom is -0.360 e. The van der Waals surface area contributed by atoms with Crippen molar-refractivity contribution < 1.29 is 4.92 Å². The predicted molar refractivity (Wildman–Crippen MR) is 146 cm³/mol. The van der Waals surface area contributed by atoms with Crippen molar-refractivity contribution in [3.8, 4) is 6.07 Å². The molecular weight excluding hydrogens is 511 g/mol. The number of benzene rings is 3. The summed E-state index contributed by atoms with van der Waals surface area (Å²) >= 11 is 12.6. The number of nitriles is 1. The Labute approximate surface area is 224 Å². The molecule has 0 fully saturated rings. The second-order valence-corrected chi connectivity index (χ2v) is 9.29. The Balaban J connectivity index is 1.63. The molecule has 0 saturated heterocycles. The van der Waals surface area contributed by atoms with Crippen LogP contribution in [0.4, 0.5) is 23.0 Å². The number of nitro groups is 1. The number of nitrogens with one attached hydrogen (secondary N) is 2. The maximum Gasteiger partial charge on any atom is 0.353 e. The van der Waals surface area contributed by atoms with Crippen LogP contribution in [0.2, 0.25) is 10.0 Å². The minimum absolute atomic E-state index is 0.0212. The first-order valence-electron chi connectivity index (χ1n) is 11.3. The zero-order chi connectivity index (χ0) is 26.5. The molecule has 0 aliphatic rings. The van der Waals surface area contributed by atoms with Gasteiger partial charge in [-0.1, -0.05) is 71.2 Å². The van der Waals surface area contributed by atoms with Crippen LogP contribution in [-0.2, 0) is 6.54 Å². The lowest BCUT2D eigenvalue weighted by Gasteiger charge is -2.17. The van der Waals surface area contributed by atoms with Gasteiger partial charge in [-0.05, 0) is 54.3 Å². The van der Waals surface area contributed by atoms with Crippen LogP contribution >= 0.6 is 23.2 Å². The molecule has 0 spiro atoms. The van der Waals surface area contributed by atoms with Gasteiger partial charge in [-0.3, -0.25) is 10.1 Å². The largest absolute Gasteiger partial charge is 0.360 e. The molecule has 1 aromatic heterocycles. The molecule has 3 aromatic carbocycles. The molecule has 0 bridgehead atoms. The van der Waals surface area contributed by atoms with Crippen LogP contribution < -0.4 is 10.6 Å². The number of hydrogen-bond donors (Lipinski definition) is 2. The van der Waals surface area contributed by atoms with Gasteiger partial charge in [-0.25, -0.2) is 9.97 Å². The van der Waals surface area contributed by atoms with Gasteiger partial charge in [0.1, 0.15) is 6.33 Å². The molecule has 0 aliphatic carbocycles. The first kappa shape index (κ1) is 25.9. The molecule has 0 saturated carbocycles. The molecule has 1 heterocycles. The molecule has 10 heteroatoms. The zero-order valence-electron chi connectivity index (χ0n) is 20.0. The second kappa shape index (κ2) is 11.2. The number of anilines is 3. The normalized spacial score (nSPS) is 11.4. The number of rotatable bonds is 8. The average Bonchev–Trinajstić information content (AvgIpc) is 2.88. The second-order valence-electron chi connectivity index (χ2n) is 8.44. The molecular formula is C27H22Cl2N6O2. The third kappa shape index (κ3) is 5.97. The van der Waals surface area contributed by atoms with Gasteiger partial charge in [0.15, 0.2) is 0 Å². The number of nitrogens with zero attached hydrogens (tertiary/aromatic N) is 4. The van der Waals surface area contributed by atoms with Crippen molar-refractivity contribution in [2.45, 2.75) is 26.3 Å². The van der Waals surface area contributed by atoms with Crippen LogP contribution in [0.15, 0.2) is 67.0 Å². The van der Waals surface area contributed by atoms with E-state index >= 15 is 0 Å². The molecule has 2 N–H and O–H groups in total. The molecule has 8 nitrogen and oxygen atoms in total. The maximum absolute atomic E-state index is 12.0. The summed E-state index contributed by atoms with van der Waals surface area (Å²) in [6.07, 6.45) is 1.25. The van der Waals surface area contributed by atoms with Crippen molar-refractivity contribution in [1.82, 2.24) is 9.97 Å². The summed E-state index contributed by atoms with van der Waals surface area (Å²) in [5.74, 6) is -0.493. The van der Waals surface area contributed by atoms with Crippen LogP contribution in [0.3, 0.4) is 0 Å². The van der Waals surface area contributed by atoms with Crippen LogP contribution in [-0.4, -0.2) is 14.9 Å². The Morgan fingerprint density at radius 2 is 1.70 bits per heavy atom. The first-order chi connectivity index (χ1) is 17.8. The number of hydrogen-bond acceptors (Lipinski definition) is 7. The number of aromatic nitrogens is 2. The third-order valence-electron chi connectivity index (χ3n) is 5.83. The summed E-state index contributed by atoms with van der Waals surface area (Å²) in [4.78, 5) is 19.6. The van der Waals surface area contributed by atoms with Gasteiger partial charge in [0.2, 0.25) is 11.6 Å². The van der Waals surface area contributed by atoms with E-state index in [0.29, 0.717) is 27.8 Å². The summed E-state index contributed by atoms with van der Waals surface area (Å²) in [6, 6.07) is 20.5. The number of halogens is 2. The van der Waals surface area contributed by atoms with E-state index in [0.717, 1.165) is 22.3 Å². The Kier molecular flexibility index (Phi) is 7.87. The fourth-order valence-electron chi connectivity index (χ4n) is 3.83. The smallest absolute Gasteiger partial charge is 0.353 e. The lowest BCUT2D eigenvalue weighted by atomic mass is 9.91. The zero-order valence-corrected chi connectivity index (χ0v) is 21.5. The molecule has 4 rings (SSSR count). The maximum atomic E-state index is 12.0. The summed E-state index contributed by atoms with van der Waals surface area (Å²) in [7, 11) is 0. The van der Waals surface area contributed by atoms with E-state index in [-0.39, 0.29) is 17.3 Å². The predicted octanol–water partition coefficient (Wildman–Crippen LogP) is 7.32. The van der Waals surface area contributed by atoms with E-state index in [9.17, 15) is 15.4 Å². The molecule has 1 unspecified atom stereocenters. The van der Waals surface area contributed by atoms with Crippen molar-refractivity contribution in [2.24, 2.45) is 0 Å². The molecule has 0 aliphatic heterocycles. The van der Waals surface area contributed by atoms with Gasteiger partial charge in [0.25, 0.3) is 0 Å². The highest BCUT2D eigenvalue weighted by molar-refractivity contribution is 6.32. The van der Waals surface area contributed by atoms with E-state index in [1.807, 2.05) is 38.1 Å². The highest BCUT2D eigenvalue weighted by atomic mass is 35.5. The van der Waals surface area contributed by atoms with Gasteiger partial charge >= 0.3 is 5.69 Å². The Morgan fingerprint density at radius 3 is 2.35 bits per heavy atom. The molecule has 0 radical (unpaired) electrons. The summed E-state index contributed by atoms with van der Waals surface area (Å²) < 4.78 is 0. The van der Waals surface area contributed by atoms with Gasteiger partial charge < -0.3 is 10.6 Å². The van der Waals surface area contributed by atoms with E-state index in [4.69, 9.17) is 23.2 Å². The number of aryl methyl sites for hydroxylation is 2. The van der Waals surface area contributed by atoms with E-state index in [1.165, 1.54) is 6.33 Å². The van der Waals surface area contributed by atoms with E-state index < -0.39 is 10.8 Å². The quantitative estimate of drug-likeness (QED) is 0.180. The van der Waals surface area contributed by atoms with Gasteiger partial charge in [0.05, 0.1) is 16.9 Å². The van der Waals surface area contributed by atoms with E-state index in [2.05, 4.69) is 26.7 Å². The average molecular weight is 533 g/mol. The molecule has 4 aromatic rings. The fraction of sp³-hybridized carbons (Fsp3) is 0.148. The summed E-state index contributed by atoms with van der Waals surface area (Å²) in [6.45, 7) is 4.17. The lowest BCUT2D eigenvalue weighted by molar-refractivity contribution is -0.383. The topological polar surface area (TPSA) is 117 Å². The standard InChI is InChI=1S/C27H22Cl2N6O2/c1-16-3-5-18(6-4-16)14-31-26-25(35(36)37)27(33-15-32-26)34-24-12-23(29)21(11-17(24)2)22(13-30)19-7-9-20(28)10-8-19/h3-12,15,22H,14H2,1-2H3,(H2,31,32,33,34). The van der Waals surface area contributed by atoms with Crippen molar-refractivity contribution in [1.29, 1.82) is 5.26 Å². The lowest BCUT2D eigenvalue weighted by Crippen LogP contribution is -2.09. The highest BCUT2D eigenvalue weighted by Gasteiger charge is 2.24. The van der Waals surface area contributed by atoms with E-state index in [1.54, 1.807) is 36.4 Å². The van der Waals surface area contributed by atoms with Crippen molar-refractivity contribution in [2.75, 3.05) is 10.6 Å². The molecule has 186 valence electrons. The van der Waals surface area contributed by atoms with Gasteiger partial charge in [-0.15, -0.1) is 0 Å². The van der Waals surface area contributed by atoms with Gasteiger partial charge in [0, 0.05) is 22.3 Å². The Morgan fingerprint density at radius 1 is 1.03 bits per heavy atom. The third-order valence-corrected chi connectivity index (χ3v) is 6.40. The van der Waals surface area contributed by atoms with Crippen LogP contribution in [0.1, 0.15) is 33.7 Å². The molecule has 37 heavy (non-hydrogen) atoms. The van der Waals surface area contributed by atoms with Crippen LogP contribution in [0.5, 0.6) is 0 Å². The monoisotopic (exact) mass is 532 g/mol. The summed E-state index contributed by atoms with van der Waals surface area (Å²) in [5, 5.41) is 28.8. The molecule has 1 atom stereocenters. The first-order valence-corrected chi connectivity index (χ1v) is 12.0. The molecule has 0 amide bonds. The Bertz CT molecular complexity index is 1490. The van der Waals surface area contributed by atoms with Crippen LogP contribution in [0.25, 0.3) is 0 Å².